The smallest absolute Gasteiger partial charge is 0.328 e. The zero-order valence-corrected chi connectivity index (χ0v) is 11.8. The van der Waals surface area contributed by atoms with Crippen molar-refractivity contribution in [3.63, 3.8) is 0 Å². The Labute approximate surface area is 107 Å². The molecule has 0 aliphatic carbocycles. The molecule has 0 saturated heterocycles. The Kier molecular flexibility index (Phi) is 4.14. The molecule has 0 amide bonds. The lowest BCUT2D eigenvalue weighted by Gasteiger charge is -2.22. The van der Waals surface area contributed by atoms with Gasteiger partial charge in [0.25, 0.3) is 0 Å². The van der Waals surface area contributed by atoms with E-state index in [0.29, 0.717) is 11.5 Å². The molecule has 1 heterocycles. The van der Waals surface area contributed by atoms with Gasteiger partial charge in [0.1, 0.15) is 0 Å². The van der Waals surface area contributed by atoms with Gasteiger partial charge in [-0.15, -0.1) is 0 Å². The van der Waals surface area contributed by atoms with Gasteiger partial charge in [-0.25, -0.2) is 4.79 Å². The molecule has 0 radical (unpaired) electrons. The van der Waals surface area contributed by atoms with E-state index in [9.17, 15) is 4.79 Å². The van der Waals surface area contributed by atoms with Gasteiger partial charge in [0.15, 0.2) is 0 Å². The fraction of sp³-hybridized carbons (Fsp3) is 0.667. The molecule has 0 aliphatic rings. The molecule has 0 spiro atoms. The van der Waals surface area contributed by atoms with Gasteiger partial charge in [-0.05, 0) is 20.3 Å². The van der Waals surface area contributed by atoms with Crippen molar-refractivity contribution >= 4 is 17.2 Å². The minimum atomic E-state index is -0.214. The van der Waals surface area contributed by atoms with Crippen LogP contribution in [0.1, 0.15) is 40.2 Å². The highest BCUT2D eigenvalue weighted by molar-refractivity contribution is 7.80. The molecule has 17 heavy (non-hydrogen) atoms. The maximum atomic E-state index is 12.0. The van der Waals surface area contributed by atoms with Crippen LogP contribution in [0.5, 0.6) is 0 Å². The van der Waals surface area contributed by atoms with Crippen LogP contribution in [0, 0.1) is 5.41 Å². The standard InChI is InChI=1S/C12H21N3OS/c1-9(2)15-8-7-14(11(15)16)6-5-12(3,4)10(13)17/h7-9H,5-6H2,1-4H3,(H2,13,17). The average Bonchev–Trinajstić information content (AvgIpc) is 2.56. The van der Waals surface area contributed by atoms with Crippen LogP contribution in [0.3, 0.4) is 0 Å². The number of aryl methyl sites for hydroxylation is 1. The summed E-state index contributed by atoms with van der Waals surface area (Å²) in [4.78, 5) is 12.5. The van der Waals surface area contributed by atoms with E-state index in [1.165, 1.54) is 0 Å². The Balaban J connectivity index is 2.78. The maximum absolute atomic E-state index is 12.0. The number of nitrogens with two attached hydrogens (primary N) is 1. The molecule has 0 saturated carbocycles. The lowest BCUT2D eigenvalue weighted by molar-refractivity contribution is 0.425. The lowest BCUT2D eigenvalue weighted by Crippen LogP contribution is -2.33. The number of nitrogens with zero attached hydrogens (tertiary/aromatic N) is 2. The lowest BCUT2D eigenvalue weighted by atomic mass is 9.89. The van der Waals surface area contributed by atoms with Crippen molar-refractivity contribution in [3.05, 3.63) is 22.9 Å². The van der Waals surface area contributed by atoms with Crippen molar-refractivity contribution in [2.24, 2.45) is 11.1 Å². The van der Waals surface area contributed by atoms with E-state index >= 15 is 0 Å². The van der Waals surface area contributed by atoms with Crippen LogP contribution in [-0.4, -0.2) is 14.1 Å². The van der Waals surface area contributed by atoms with Crippen LogP contribution in [0.2, 0.25) is 0 Å². The summed E-state index contributed by atoms with van der Waals surface area (Å²) in [6.45, 7) is 8.62. The van der Waals surface area contributed by atoms with Crippen LogP contribution >= 0.6 is 12.2 Å². The Morgan fingerprint density at radius 3 is 2.47 bits per heavy atom. The zero-order valence-electron chi connectivity index (χ0n) is 10.9. The van der Waals surface area contributed by atoms with Gasteiger partial charge in [0, 0.05) is 30.4 Å². The normalized spacial score (nSPS) is 12.1. The Morgan fingerprint density at radius 2 is 2.06 bits per heavy atom. The van der Waals surface area contributed by atoms with Crippen LogP contribution in [0.15, 0.2) is 17.2 Å². The molecule has 5 heteroatoms. The summed E-state index contributed by atoms with van der Waals surface area (Å²) < 4.78 is 3.42. The zero-order chi connectivity index (χ0) is 13.2. The Bertz CT molecular complexity index is 457. The summed E-state index contributed by atoms with van der Waals surface area (Å²) >= 11 is 5.01. The largest absolute Gasteiger partial charge is 0.393 e. The molecule has 0 atom stereocenters. The first-order valence-corrected chi connectivity index (χ1v) is 6.23. The highest BCUT2D eigenvalue weighted by atomic mass is 32.1. The molecule has 1 rings (SSSR count). The summed E-state index contributed by atoms with van der Waals surface area (Å²) in [7, 11) is 0. The highest BCUT2D eigenvalue weighted by Crippen LogP contribution is 2.21. The minimum Gasteiger partial charge on any atom is -0.393 e. The number of hydrogen-bond acceptors (Lipinski definition) is 2. The first-order chi connectivity index (χ1) is 7.75. The average molecular weight is 255 g/mol. The fourth-order valence-corrected chi connectivity index (χ4v) is 1.62. The second kappa shape index (κ2) is 5.04. The molecule has 2 N–H and O–H groups in total. The van der Waals surface area contributed by atoms with Crippen molar-refractivity contribution in [1.82, 2.24) is 9.13 Å². The van der Waals surface area contributed by atoms with E-state index in [-0.39, 0.29) is 17.1 Å². The van der Waals surface area contributed by atoms with E-state index < -0.39 is 0 Å². The van der Waals surface area contributed by atoms with Gasteiger partial charge in [-0.2, -0.15) is 0 Å². The first-order valence-electron chi connectivity index (χ1n) is 5.83. The monoisotopic (exact) mass is 255 g/mol. The second-order valence-electron chi connectivity index (χ2n) is 5.27. The predicted octanol–water partition coefficient (Wildman–Crippen LogP) is 1.93. The molecule has 1 aromatic heterocycles. The van der Waals surface area contributed by atoms with Crippen LogP contribution in [0.25, 0.3) is 0 Å². The Morgan fingerprint density at radius 1 is 1.47 bits per heavy atom. The van der Waals surface area contributed by atoms with E-state index in [4.69, 9.17) is 18.0 Å². The third-order valence-electron chi connectivity index (χ3n) is 3.07. The van der Waals surface area contributed by atoms with Crippen LogP contribution in [-0.2, 0) is 6.54 Å². The van der Waals surface area contributed by atoms with E-state index in [1.807, 2.05) is 40.1 Å². The van der Waals surface area contributed by atoms with E-state index in [1.54, 1.807) is 9.13 Å². The minimum absolute atomic E-state index is 0.0266. The van der Waals surface area contributed by atoms with Gasteiger partial charge in [0.05, 0.1) is 4.99 Å². The quantitative estimate of drug-likeness (QED) is 0.818. The van der Waals surface area contributed by atoms with Crippen molar-refractivity contribution < 1.29 is 0 Å². The number of imidazole rings is 1. The second-order valence-corrected chi connectivity index (χ2v) is 5.71. The van der Waals surface area contributed by atoms with Crippen molar-refractivity contribution in [1.29, 1.82) is 0 Å². The highest BCUT2D eigenvalue weighted by Gasteiger charge is 2.21. The molecule has 0 fully saturated rings. The van der Waals surface area contributed by atoms with Gasteiger partial charge >= 0.3 is 5.69 Å². The van der Waals surface area contributed by atoms with Gasteiger partial charge in [-0.3, -0.25) is 9.13 Å². The first kappa shape index (κ1) is 14.0. The van der Waals surface area contributed by atoms with Crippen LogP contribution in [0.4, 0.5) is 0 Å². The summed E-state index contributed by atoms with van der Waals surface area (Å²) in [5.74, 6) is 0. The summed E-state index contributed by atoms with van der Waals surface area (Å²) in [6.07, 6.45) is 4.41. The van der Waals surface area contributed by atoms with Gasteiger partial charge < -0.3 is 5.73 Å². The number of aromatic nitrogens is 2. The SMILES string of the molecule is CC(C)n1ccn(CCC(C)(C)C(N)=S)c1=O. The molecule has 96 valence electrons. The molecule has 0 unspecified atom stereocenters. The predicted molar refractivity (Wildman–Crippen MR) is 74.3 cm³/mol. The van der Waals surface area contributed by atoms with Crippen molar-refractivity contribution in [2.75, 3.05) is 0 Å². The van der Waals surface area contributed by atoms with Crippen LogP contribution < -0.4 is 11.4 Å². The molecule has 0 aromatic carbocycles. The van der Waals surface area contributed by atoms with Gasteiger partial charge in [0.2, 0.25) is 0 Å². The number of rotatable bonds is 5. The van der Waals surface area contributed by atoms with E-state index in [0.717, 1.165) is 6.42 Å². The summed E-state index contributed by atoms with van der Waals surface area (Å²) in [5.41, 5.74) is 5.48. The number of thiocarbonyl (C=S) groups is 1. The molecular formula is C12H21N3OS. The van der Waals surface area contributed by atoms with Crippen molar-refractivity contribution in [2.45, 2.75) is 46.7 Å². The fourth-order valence-electron chi connectivity index (χ4n) is 1.51. The molecule has 1 aromatic rings. The summed E-state index contributed by atoms with van der Waals surface area (Å²) in [5, 5.41) is 0. The van der Waals surface area contributed by atoms with E-state index in [2.05, 4.69) is 0 Å². The molecule has 0 aliphatic heterocycles. The van der Waals surface area contributed by atoms with Crippen molar-refractivity contribution in [3.8, 4) is 0 Å². The van der Waals surface area contributed by atoms with Gasteiger partial charge in [-0.1, -0.05) is 26.1 Å². The third kappa shape index (κ3) is 3.19. The number of hydrogen-bond donors (Lipinski definition) is 1. The molecular weight excluding hydrogens is 234 g/mol. The summed E-state index contributed by atoms with van der Waals surface area (Å²) in [6, 6.07) is 0.187. The maximum Gasteiger partial charge on any atom is 0.328 e. The third-order valence-corrected chi connectivity index (χ3v) is 3.63. The topological polar surface area (TPSA) is 52.9 Å². The Hall–Kier alpha value is -1.10. The molecule has 0 bridgehead atoms. The molecule has 4 nitrogen and oxygen atoms in total.